The lowest BCUT2D eigenvalue weighted by Gasteiger charge is -2.11. The molecule has 6 heteroatoms. The molecule has 15 heavy (non-hydrogen) atoms. The average molecular weight is 297 g/mol. The Kier molecular flexibility index (Phi) is 4.07. The lowest BCUT2D eigenvalue weighted by Crippen LogP contribution is -2.21. The Balaban J connectivity index is 3.20. The molecule has 1 rings (SSSR count). The molecule has 0 spiro atoms. The van der Waals surface area contributed by atoms with Crippen molar-refractivity contribution in [3.63, 3.8) is 0 Å². The van der Waals surface area contributed by atoms with Crippen LogP contribution in [0.1, 0.15) is 11.5 Å². The molecule has 1 aromatic rings. The van der Waals surface area contributed by atoms with Gasteiger partial charge < -0.3 is 10.8 Å². The van der Waals surface area contributed by atoms with Gasteiger partial charge in [0.25, 0.3) is 0 Å². The number of carboxylic acid groups (broad SMARTS) is 1. The standard InChI is InChI=1S/C9H8BrClFNO2/c10-6-1-4(2-7(11)8(6)12)5(3-13)9(14)15/h1-2,5H,3,13H2,(H,14,15). The highest BCUT2D eigenvalue weighted by Gasteiger charge is 2.20. The second-order valence-electron chi connectivity index (χ2n) is 2.93. The van der Waals surface area contributed by atoms with Gasteiger partial charge in [0.15, 0.2) is 5.82 Å². The van der Waals surface area contributed by atoms with Gasteiger partial charge in [-0.1, -0.05) is 11.6 Å². The number of carboxylic acids is 1. The third-order valence-electron chi connectivity index (χ3n) is 1.94. The van der Waals surface area contributed by atoms with Crippen LogP contribution in [0.15, 0.2) is 16.6 Å². The lowest BCUT2D eigenvalue weighted by atomic mass is 9.99. The number of benzene rings is 1. The van der Waals surface area contributed by atoms with Crippen LogP contribution in [0.3, 0.4) is 0 Å². The van der Waals surface area contributed by atoms with Crippen molar-refractivity contribution in [1.82, 2.24) is 0 Å². The Morgan fingerprint density at radius 3 is 2.67 bits per heavy atom. The Bertz CT molecular complexity index is 377. The van der Waals surface area contributed by atoms with Crippen molar-refractivity contribution in [2.45, 2.75) is 5.92 Å². The maximum absolute atomic E-state index is 13.1. The molecule has 0 radical (unpaired) electrons. The number of halogens is 3. The Morgan fingerprint density at radius 1 is 1.67 bits per heavy atom. The monoisotopic (exact) mass is 295 g/mol. The summed E-state index contributed by atoms with van der Waals surface area (Å²) in [5, 5.41) is 8.72. The van der Waals surface area contributed by atoms with Crippen LogP contribution in [0.25, 0.3) is 0 Å². The van der Waals surface area contributed by atoms with Crippen molar-refractivity contribution in [2.24, 2.45) is 5.73 Å². The van der Waals surface area contributed by atoms with Gasteiger partial charge in [-0.3, -0.25) is 4.79 Å². The molecule has 0 aliphatic carbocycles. The Hall–Kier alpha value is -0.650. The summed E-state index contributed by atoms with van der Waals surface area (Å²) >= 11 is 8.54. The van der Waals surface area contributed by atoms with Crippen molar-refractivity contribution in [2.75, 3.05) is 6.54 Å². The van der Waals surface area contributed by atoms with E-state index in [9.17, 15) is 9.18 Å². The van der Waals surface area contributed by atoms with Gasteiger partial charge in [0.2, 0.25) is 0 Å². The summed E-state index contributed by atoms with van der Waals surface area (Å²) in [5.74, 6) is -2.55. The van der Waals surface area contributed by atoms with E-state index in [1.54, 1.807) is 0 Å². The topological polar surface area (TPSA) is 63.3 Å². The van der Waals surface area contributed by atoms with Gasteiger partial charge in [0.1, 0.15) is 0 Å². The Morgan fingerprint density at radius 2 is 2.27 bits per heavy atom. The molecule has 82 valence electrons. The third-order valence-corrected chi connectivity index (χ3v) is 2.79. The van der Waals surface area contributed by atoms with Gasteiger partial charge in [-0.2, -0.15) is 0 Å². The van der Waals surface area contributed by atoms with Crippen LogP contribution in [0.4, 0.5) is 4.39 Å². The van der Waals surface area contributed by atoms with Gasteiger partial charge in [-0.15, -0.1) is 0 Å². The summed E-state index contributed by atoms with van der Waals surface area (Å²) in [6.45, 7) is -0.0657. The number of hydrogen-bond donors (Lipinski definition) is 2. The van der Waals surface area contributed by atoms with E-state index in [1.165, 1.54) is 12.1 Å². The van der Waals surface area contributed by atoms with E-state index < -0.39 is 17.7 Å². The SMILES string of the molecule is NCC(C(=O)O)c1cc(Cl)c(F)c(Br)c1. The van der Waals surface area contributed by atoms with Gasteiger partial charge in [-0.25, -0.2) is 4.39 Å². The molecule has 1 atom stereocenters. The fraction of sp³-hybridized carbons (Fsp3) is 0.222. The van der Waals surface area contributed by atoms with Crippen LogP contribution >= 0.6 is 27.5 Å². The third kappa shape index (κ3) is 2.68. The van der Waals surface area contributed by atoms with Crippen LogP contribution in [-0.4, -0.2) is 17.6 Å². The van der Waals surface area contributed by atoms with E-state index in [-0.39, 0.29) is 16.0 Å². The van der Waals surface area contributed by atoms with Crippen molar-refractivity contribution < 1.29 is 14.3 Å². The minimum Gasteiger partial charge on any atom is -0.481 e. The highest BCUT2D eigenvalue weighted by molar-refractivity contribution is 9.10. The Labute approximate surface area is 99.2 Å². The number of carbonyl (C=O) groups is 1. The first-order valence-electron chi connectivity index (χ1n) is 4.04. The van der Waals surface area contributed by atoms with Gasteiger partial charge in [-0.05, 0) is 33.6 Å². The summed E-state index contributed by atoms with van der Waals surface area (Å²) in [6, 6.07) is 2.64. The van der Waals surface area contributed by atoms with E-state index in [0.29, 0.717) is 5.56 Å². The maximum Gasteiger partial charge on any atom is 0.312 e. The number of rotatable bonds is 3. The molecule has 0 saturated heterocycles. The van der Waals surface area contributed by atoms with E-state index in [2.05, 4.69) is 15.9 Å². The first kappa shape index (κ1) is 12.4. The summed E-state index contributed by atoms with van der Waals surface area (Å²) < 4.78 is 13.3. The van der Waals surface area contributed by atoms with E-state index in [0.717, 1.165) is 0 Å². The molecule has 3 N–H and O–H groups in total. The molecule has 1 aromatic carbocycles. The van der Waals surface area contributed by atoms with Gasteiger partial charge in [0, 0.05) is 6.54 Å². The fourth-order valence-corrected chi connectivity index (χ4v) is 1.98. The molecular formula is C9H8BrClFNO2. The first-order chi connectivity index (χ1) is 6.97. The number of nitrogens with two attached hydrogens (primary N) is 1. The van der Waals surface area contributed by atoms with Crippen LogP contribution in [0.5, 0.6) is 0 Å². The van der Waals surface area contributed by atoms with E-state index in [1.807, 2.05) is 0 Å². The molecule has 0 amide bonds. The van der Waals surface area contributed by atoms with Crippen LogP contribution in [-0.2, 0) is 4.79 Å². The minimum atomic E-state index is -1.06. The van der Waals surface area contributed by atoms with Crippen molar-refractivity contribution >= 4 is 33.5 Å². The normalized spacial score (nSPS) is 12.5. The van der Waals surface area contributed by atoms with Crippen molar-refractivity contribution in [3.05, 3.63) is 33.0 Å². The molecule has 0 aliphatic rings. The van der Waals surface area contributed by atoms with E-state index in [4.69, 9.17) is 22.4 Å². The molecule has 3 nitrogen and oxygen atoms in total. The highest BCUT2D eigenvalue weighted by Crippen LogP contribution is 2.28. The second-order valence-corrected chi connectivity index (χ2v) is 4.19. The lowest BCUT2D eigenvalue weighted by molar-refractivity contribution is -0.138. The molecule has 1 unspecified atom stereocenters. The fourth-order valence-electron chi connectivity index (χ4n) is 1.16. The number of hydrogen-bond acceptors (Lipinski definition) is 2. The summed E-state index contributed by atoms with van der Waals surface area (Å²) in [6.07, 6.45) is 0. The predicted octanol–water partition coefficient (Wildman–Crippen LogP) is 2.37. The zero-order chi connectivity index (χ0) is 11.6. The molecule has 0 aromatic heterocycles. The smallest absolute Gasteiger partial charge is 0.312 e. The van der Waals surface area contributed by atoms with Crippen LogP contribution in [0.2, 0.25) is 5.02 Å². The first-order valence-corrected chi connectivity index (χ1v) is 5.21. The summed E-state index contributed by atoms with van der Waals surface area (Å²) in [5.41, 5.74) is 5.69. The van der Waals surface area contributed by atoms with Crippen molar-refractivity contribution in [1.29, 1.82) is 0 Å². The molecule has 0 saturated carbocycles. The average Bonchev–Trinajstić information content (AvgIpc) is 2.14. The molecule has 0 aliphatic heterocycles. The van der Waals surface area contributed by atoms with Crippen LogP contribution in [0, 0.1) is 5.82 Å². The molecule has 0 bridgehead atoms. The zero-order valence-electron chi connectivity index (χ0n) is 7.51. The predicted molar refractivity (Wildman–Crippen MR) is 58.5 cm³/mol. The largest absolute Gasteiger partial charge is 0.481 e. The molecule has 0 heterocycles. The quantitative estimate of drug-likeness (QED) is 0.842. The second kappa shape index (κ2) is 4.92. The van der Waals surface area contributed by atoms with Crippen LogP contribution < -0.4 is 5.73 Å². The maximum atomic E-state index is 13.1. The summed E-state index contributed by atoms with van der Waals surface area (Å²) in [7, 11) is 0. The molecular weight excluding hydrogens is 288 g/mol. The van der Waals surface area contributed by atoms with Gasteiger partial charge >= 0.3 is 5.97 Å². The minimum absolute atomic E-state index is 0.0657. The van der Waals surface area contributed by atoms with E-state index >= 15 is 0 Å². The molecule has 0 fully saturated rings. The van der Waals surface area contributed by atoms with Gasteiger partial charge in [0.05, 0.1) is 15.4 Å². The summed E-state index contributed by atoms with van der Waals surface area (Å²) in [4.78, 5) is 10.8. The highest BCUT2D eigenvalue weighted by atomic mass is 79.9. The van der Waals surface area contributed by atoms with Crippen molar-refractivity contribution in [3.8, 4) is 0 Å². The number of aliphatic carboxylic acids is 1. The zero-order valence-corrected chi connectivity index (χ0v) is 9.85.